The summed E-state index contributed by atoms with van der Waals surface area (Å²) in [6, 6.07) is 4.07. The van der Waals surface area contributed by atoms with Crippen molar-refractivity contribution >= 4 is 17.9 Å². The van der Waals surface area contributed by atoms with E-state index in [2.05, 4.69) is 10.6 Å². The van der Waals surface area contributed by atoms with Gasteiger partial charge in [0.05, 0.1) is 0 Å². The standard InChI is InChI=1S/C24H37N3O5/c1-16-7-8-17(2)22(18(16)3)31-15-21(29)27-13-10-19(11-14-27)26-20(28)9-12-25-23(30)32-24(4,5)6/h7-8,19H,9-15H2,1-6H3,(H,25,30)(H,26,28). The molecule has 0 saturated carbocycles. The Morgan fingerprint density at radius 3 is 2.31 bits per heavy atom. The van der Waals surface area contributed by atoms with Crippen molar-refractivity contribution in [2.45, 2.75) is 72.4 Å². The van der Waals surface area contributed by atoms with E-state index in [1.54, 1.807) is 25.7 Å². The highest BCUT2D eigenvalue weighted by molar-refractivity contribution is 5.79. The SMILES string of the molecule is Cc1ccc(C)c(OCC(=O)N2CCC(NC(=O)CCNC(=O)OC(C)(C)C)CC2)c1C. The summed E-state index contributed by atoms with van der Waals surface area (Å²) in [6.45, 7) is 12.7. The van der Waals surface area contributed by atoms with E-state index in [1.165, 1.54) is 0 Å². The molecule has 0 aromatic heterocycles. The first-order chi connectivity index (χ1) is 15.0. The number of carbonyl (C=O) groups excluding carboxylic acids is 3. The predicted octanol–water partition coefficient (Wildman–Crippen LogP) is 3.01. The minimum atomic E-state index is -0.569. The molecule has 0 bridgehead atoms. The first-order valence-corrected chi connectivity index (χ1v) is 11.2. The lowest BCUT2D eigenvalue weighted by Crippen LogP contribution is -2.48. The number of piperidine rings is 1. The molecule has 3 amide bonds. The second-order valence-electron chi connectivity index (χ2n) is 9.34. The molecular formula is C24H37N3O5. The third-order valence-electron chi connectivity index (χ3n) is 5.45. The number of ether oxygens (including phenoxy) is 2. The fourth-order valence-electron chi connectivity index (χ4n) is 3.54. The summed E-state index contributed by atoms with van der Waals surface area (Å²) in [5.74, 6) is 0.608. The van der Waals surface area contributed by atoms with E-state index in [-0.39, 0.29) is 37.4 Å². The summed E-state index contributed by atoms with van der Waals surface area (Å²) in [4.78, 5) is 38.1. The molecule has 1 aliphatic heterocycles. The number of rotatable bonds is 7. The van der Waals surface area contributed by atoms with E-state index in [0.717, 1.165) is 22.4 Å². The van der Waals surface area contributed by atoms with Crippen LogP contribution in [0.25, 0.3) is 0 Å². The largest absolute Gasteiger partial charge is 0.483 e. The van der Waals surface area contributed by atoms with Crippen LogP contribution in [0.15, 0.2) is 12.1 Å². The number of likely N-dealkylation sites (tertiary alicyclic amines) is 1. The van der Waals surface area contributed by atoms with Crippen LogP contribution < -0.4 is 15.4 Å². The average Bonchev–Trinajstić information content (AvgIpc) is 2.70. The summed E-state index contributed by atoms with van der Waals surface area (Å²) in [6.07, 6.45) is 1.04. The molecule has 0 unspecified atom stereocenters. The summed E-state index contributed by atoms with van der Waals surface area (Å²) in [7, 11) is 0. The van der Waals surface area contributed by atoms with Crippen molar-refractivity contribution < 1.29 is 23.9 Å². The van der Waals surface area contributed by atoms with Crippen molar-refractivity contribution in [1.29, 1.82) is 0 Å². The van der Waals surface area contributed by atoms with E-state index in [4.69, 9.17) is 9.47 Å². The van der Waals surface area contributed by atoms with Crippen LogP contribution in [-0.4, -0.2) is 60.7 Å². The lowest BCUT2D eigenvalue weighted by Gasteiger charge is -2.32. The van der Waals surface area contributed by atoms with Crippen LogP contribution >= 0.6 is 0 Å². The van der Waals surface area contributed by atoms with Gasteiger partial charge in [0.2, 0.25) is 5.91 Å². The highest BCUT2D eigenvalue weighted by Crippen LogP contribution is 2.25. The van der Waals surface area contributed by atoms with Crippen LogP contribution in [-0.2, 0) is 14.3 Å². The highest BCUT2D eigenvalue weighted by Gasteiger charge is 2.24. The zero-order valence-corrected chi connectivity index (χ0v) is 20.2. The molecule has 1 aromatic rings. The maximum atomic E-state index is 12.6. The van der Waals surface area contributed by atoms with Crippen molar-refractivity contribution in [2.24, 2.45) is 0 Å². The molecule has 2 N–H and O–H groups in total. The molecular weight excluding hydrogens is 410 g/mol. The number of hydrogen-bond donors (Lipinski definition) is 2. The Balaban J connectivity index is 1.68. The predicted molar refractivity (Wildman–Crippen MR) is 123 cm³/mol. The minimum absolute atomic E-state index is 0.0124. The van der Waals surface area contributed by atoms with E-state index in [1.807, 2.05) is 32.9 Å². The Hall–Kier alpha value is -2.77. The molecule has 1 aromatic carbocycles. The molecule has 1 saturated heterocycles. The number of carbonyl (C=O) groups is 3. The number of hydrogen-bond acceptors (Lipinski definition) is 5. The Morgan fingerprint density at radius 2 is 1.69 bits per heavy atom. The van der Waals surface area contributed by atoms with Crippen molar-refractivity contribution in [1.82, 2.24) is 15.5 Å². The van der Waals surface area contributed by atoms with Gasteiger partial charge in [-0.25, -0.2) is 4.79 Å². The van der Waals surface area contributed by atoms with Gasteiger partial charge in [-0.2, -0.15) is 0 Å². The highest BCUT2D eigenvalue weighted by atomic mass is 16.6. The number of benzene rings is 1. The van der Waals surface area contributed by atoms with Gasteiger partial charge in [0.15, 0.2) is 6.61 Å². The summed E-state index contributed by atoms with van der Waals surface area (Å²) in [5, 5.41) is 5.56. The van der Waals surface area contributed by atoms with E-state index >= 15 is 0 Å². The average molecular weight is 448 g/mol. The van der Waals surface area contributed by atoms with Crippen LogP contribution in [0.3, 0.4) is 0 Å². The van der Waals surface area contributed by atoms with Gasteiger partial charge >= 0.3 is 6.09 Å². The molecule has 2 rings (SSSR count). The van der Waals surface area contributed by atoms with Crippen LogP contribution in [0, 0.1) is 20.8 Å². The normalized spacial score (nSPS) is 14.6. The maximum absolute atomic E-state index is 12.6. The van der Waals surface area contributed by atoms with Crippen molar-refractivity contribution in [3.63, 3.8) is 0 Å². The molecule has 32 heavy (non-hydrogen) atoms. The Morgan fingerprint density at radius 1 is 1.06 bits per heavy atom. The molecule has 0 radical (unpaired) electrons. The van der Waals surface area contributed by atoms with Gasteiger partial charge in [0.1, 0.15) is 11.4 Å². The van der Waals surface area contributed by atoms with Crippen molar-refractivity contribution in [3.8, 4) is 5.75 Å². The minimum Gasteiger partial charge on any atom is -0.483 e. The van der Waals surface area contributed by atoms with Gasteiger partial charge in [-0.1, -0.05) is 12.1 Å². The lowest BCUT2D eigenvalue weighted by molar-refractivity contribution is -0.134. The van der Waals surface area contributed by atoms with Gasteiger partial charge in [0.25, 0.3) is 5.91 Å². The quantitative estimate of drug-likeness (QED) is 0.670. The molecule has 178 valence electrons. The molecule has 1 heterocycles. The van der Waals surface area contributed by atoms with Crippen LogP contribution in [0.1, 0.15) is 56.7 Å². The zero-order valence-electron chi connectivity index (χ0n) is 20.2. The van der Waals surface area contributed by atoms with E-state index in [9.17, 15) is 14.4 Å². The monoisotopic (exact) mass is 447 g/mol. The first kappa shape index (κ1) is 25.5. The summed E-state index contributed by atoms with van der Waals surface area (Å²) >= 11 is 0. The maximum Gasteiger partial charge on any atom is 0.407 e. The van der Waals surface area contributed by atoms with Crippen LogP contribution in [0.2, 0.25) is 0 Å². The van der Waals surface area contributed by atoms with Crippen LogP contribution in [0.4, 0.5) is 4.79 Å². The molecule has 0 aliphatic carbocycles. The van der Waals surface area contributed by atoms with Gasteiger partial charge < -0.3 is 25.0 Å². The zero-order chi connectivity index (χ0) is 23.9. The fraction of sp³-hybridized carbons (Fsp3) is 0.625. The first-order valence-electron chi connectivity index (χ1n) is 11.2. The number of aryl methyl sites for hydroxylation is 2. The van der Waals surface area contributed by atoms with E-state index in [0.29, 0.717) is 25.9 Å². The van der Waals surface area contributed by atoms with Gasteiger partial charge in [-0.3, -0.25) is 9.59 Å². The van der Waals surface area contributed by atoms with Crippen LogP contribution in [0.5, 0.6) is 5.75 Å². The number of amides is 3. The topological polar surface area (TPSA) is 97.0 Å². The lowest BCUT2D eigenvalue weighted by atomic mass is 10.0. The molecule has 1 fully saturated rings. The molecule has 0 atom stereocenters. The third kappa shape index (κ3) is 8.05. The Kier molecular flexibility index (Phi) is 8.92. The molecule has 8 nitrogen and oxygen atoms in total. The van der Waals surface area contributed by atoms with Gasteiger partial charge in [-0.15, -0.1) is 0 Å². The number of alkyl carbamates (subject to hydrolysis) is 1. The molecule has 0 spiro atoms. The molecule has 8 heteroatoms. The van der Waals surface area contributed by atoms with Gasteiger partial charge in [0, 0.05) is 32.1 Å². The summed E-state index contributed by atoms with van der Waals surface area (Å²) < 4.78 is 11.0. The van der Waals surface area contributed by atoms with Crippen molar-refractivity contribution in [3.05, 3.63) is 28.8 Å². The van der Waals surface area contributed by atoms with Gasteiger partial charge in [-0.05, 0) is 71.1 Å². The molecule has 1 aliphatic rings. The number of nitrogens with one attached hydrogen (secondary N) is 2. The smallest absolute Gasteiger partial charge is 0.407 e. The van der Waals surface area contributed by atoms with Crippen molar-refractivity contribution in [2.75, 3.05) is 26.2 Å². The van der Waals surface area contributed by atoms with E-state index < -0.39 is 11.7 Å². The Labute approximate surface area is 191 Å². The number of nitrogens with zero attached hydrogens (tertiary/aromatic N) is 1. The summed E-state index contributed by atoms with van der Waals surface area (Å²) in [5.41, 5.74) is 2.64. The third-order valence-corrected chi connectivity index (χ3v) is 5.45. The fourth-order valence-corrected chi connectivity index (χ4v) is 3.54. The second-order valence-corrected chi connectivity index (χ2v) is 9.34. The Bertz CT molecular complexity index is 824. The second kappa shape index (κ2) is 11.2.